The number of phosphoric acid groups is 4. The number of fused-ring (bicyclic) bond motifs is 8. The zero-order chi connectivity index (χ0) is 68.1. The molecule has 1 aliphatic rings. The highest BCUT2D eigenvalue weighted by Gasteiger charge is 2.41. The SMILES string of the molecule is CCCOP(=O)(OCCC)Oc1cc(OP(=O)(OCCC)OCCC)c2cc1[C@@H](C)c1cc(c(O)c(CN(CC)CC)c1O)[C@@H](C)c1cc(c(OP(=O)(OCCC)OCCC)cc1OP(=O)(OCCC)OCCC)[C@@H](C)c1cc(c(O)c(CN(CC)CC)c1O)[C@H]2C. The first-order chi connectivity index (χ1) is 43.8. The first-order valence-corrected chi connectivity index (χ1v) is 39.0. The van der Waals surface area contributed by atoms with Crippen molar-refractivity contribution >= 4 is 31.3 Å². The van der Waals surface area contributed by atoms with E-state index in [1.807, 2.05) is 92.9 Å². The molecule has 0 heterocycles. The van der Waals surface area contributed by atoms with Crippen LogP contribution < -0.4 is 18.1 Å². The lowest BCUT2D eigenvalue weighted by molar-refractivity contribution is 0.151. The Labute approximate surface area is 547 Å². The van der Waals surface area contributed by atoms with Gasteiger partial charge in [-0.15, -0.1) is 0 Å². The molecule has 4 N–H and O–H groups in total. The Hall–Kier alpha value is -4.20. The molecule has 0 spiro atoms. The molecular weight excluding hydrogens is 1260 g/mol. The predicted octanol–water partition coefficient (Wildman–Crippen LogP) is 18.5. The molecule has 26 heteroatoms. The molecule has 0 fully saturated rings. The van der Waals surface area contributed by atoms with E-state index >= 15 is 18.3 Å². The fraction of sp³-hybridized carbons (Fsp3) is 0.636. The van der Waals surface area contributed by atoms with Crippen LogP contribution in [0.15, 0.2) is 36.4 Å². The third-order valence-electron chi connectivity index (χ3n) is 15.9. The maximum Gasteiger partial charge on any atom is 0.530 e. The van der Waals surface area contributed by atoms with Crippen molar-refractivity contribution in [1.82, 2.24) is 9.80 Å². The van der Waals surface area contributed by atoms with Gasteiger partial charge in [-0.05, 0) is 102 Å². The van der Waals surface area contributed by atoms with Crippen molar-refractivity contribution in [3.05, 3.63) is 92.0 Å². The smallest absolute Gasteiger partial charge is 0.507 e. The van der Waals surface area contributed by atoms with Gasteiger partial charge in [0.15, 0.2) is 0 Å². The summed E-state index contributed by atoms with van der Waals surface area (Å²) in [6.07, 6.45) is 3.52. The molecule has 4 atom stereocenters. The minimum atomic E-state index is -4.54. The third-order valence-corrected chi connectivity index (χ3v) is 21.6. The van der Waals surface area contributed by atoms with Crippen LogP contribution in [0.2, 0.25) is 0 Å². The summed E-state index contributed by atoms with van der Waals surface area (Å²) in [6, 6.07) is 9.47. The lowest BCUT2D eigenvalue weighted by atomic mass is 9.79. The van der Waals surface area contributed by atoms with Gasteiger partial charge in [0.05, 0.1) is 64.0 Å². The molecule has 0 aromatic heterocycles. The molecule has 5 rings (SSSR count). The lowest BCUT2D eigenvalue weighted by Crippen LogP contribution is -2.23. The number of phenols is 4. The van der Waals surface area contributed by atoms with Gasteiger partial charge in [-0.2, -0.15) is 0 Å². The van der Waals surface area contributed by atoms with E-state index in [4.69, 9.17) is 54.3 Å². The number of rotatable bonds is 40. The van der Waals surface area contributed by atoms with E-state index in [-0.39, 0.29) is 168 Å². The number of benzene rings is 4. The summed E-state index contributed by atoms with van der Waals surface area (Å²) in [4.78, 5) is 4.03. The Bertz CT molecular complexity index is 2780. The average molecular weight is 1370 g/mol. The molecule has 0 saturated carbocycles. The number of hydrogen-bond donors (Lipinski definition) is 4. The van der Waals surface area contributed by atoms with Crippen LogP contribution in [0.4, 0.5) is 0 Å². The number of nitrogens with zero attached hydrogens (tertiary/aromatic N) is 2. The van der Waals surface area contributed by atoms with Gasteiger partial charge >= 0.3 is 31.3 Å². The lowest BCUT2D eigenvalue weighted by Gasteiger charge is -2.31. The highest BCUT2D eigenvalue weighted by Crippen LogP contribution is 2.61. The first kappa shape index (κ1) is 78.5. The Morgan fingerprint density at radius 3 is 0.641 bits per heavy atom. The minimum absolute atomic E-state index is 0.0231. The molecule has 0 radical (unpaired) electrons. The van der Waals surface area contributed by atoms with E-state index < -0.39 is 55.0 Å². The van der Waals surface area contributed by atoms with Crippen molar-refractivity contribution < 1.29 is 93.0 Å². The molecule has 0 amide bonds. The summed E-state index contributed by atoms with van der Waals surface area (Å²) >= 11 is 0. The quantitative estimate of drug-likeness (QED) is 0.0301. The molecule has 0 unspecified atom stereocenters. The summed E-state index contributed by atoms with van der Waals surface area (Å²) in [7, 11) is -18.2. The van der Waals surface area contributed by atoms with E-state index in [2.05, 4.69) is 0 Å². The topological polar surface area (TPSA) is 266 Å². The Balaban J connectivity index is 2.19. The molecule has 22 nitrogen and oxygen atoms in total. The van der Waals surface area contributed by atoms with Crippen molar-refractivity contribution in [2.24, 2.45) is 0 Å². The zero-order valence-electron chi connectivity index (χ0n) is 57.3. The maximum atomic E-state index is 15.1. The zero-order valence-corrected chi connectivity index (χ0v) is 60.9. The molecule has 520 valence electrons. The van der Waals surface area contributed by atoms with Crippen LogP contribution in [0.25, 0.3) is 0 Å². The monoisotopic (exact) mass is 1370 g/mol. The summed E-state index contributed by atoms with van der Waals surface area (Å²) in [5.74, 6) is -5.61. The second kappa shape index (κ2) is 36.8. The number of phenolic OH excluding ortho intramolecular Hbond substituents is 4. The van der Waals surface area contributed by atoms with Crippen LogP contribution in [0, 0.1) is 0 Å². The van der Waals surface area contributed by atoms with E-state index in [1.165, 1.54) is 12.1 Å². The van der Waals surface area contributed by atoms with E-state index in [0.29, 0.717) is 77.5 Å². The highest BCUT2D eigenvalue weighted by molar-refractivity contribution is 7.49. The van der Waals surface area contributed by atoms with E-state index in [0.717, 1.165) is 0 Å². The van der Waals surface area contributed by atoms with Crippen molar-refractivity contribution in [2.75, 3.05) is 79.0 Å². The molecule has 4 aromatic carbocycles. The second-order valence-corrected chi connectivity index (χ2v) is 29.3. The average Bonchev–Trinajstić information content (AvgIpc) is 0.757. The van der Waals surface area contributed by atoms with Gasteiger partial charge < -0.3 is 38.5 Å². The van der Waals surface area contributed by atoms with Crippen LogP contribution in [-0.2, 0) is 67.5 Å². The van der Waals surface area contributed by atoms with Crippen molar-refractivity contribution in [3.63, 3.8) is 0 Å². The van der Waals surface area contributed by atoms with Crippen LogP contribution in [0.1, 0.15) is 241 Å². The van der Waals surface area contributed by atoms with Gasteiger partial charge in [0.2, 0.25) is 0 Å². The summed E-state index contributed by atoms with van der Waals surface area (Å²) < 4.78 is 134. The van der Waals surface area contributed by atoms with Crippen LogP contribution in [0.5, 0.6) is 46.0 Å². The standard InChI is InChI=1S/C66H106N2O20P4/c1-17-29-77-89(73,78-30-18-2)85-59-41-60(86-90(74,79-31-19-3)80-32-20-4)50-37-49(59)45(13)53-39-54(64(70)57(63(53)69)43-67(25-9)26-10)47(15)51-38-52(48(16)56-40-55(46(50)14)65(71)58(66(56)72)44-68(27-11)28-12)62(88-92(76,83-35-23-7)84-36-24-8)42-61(51)87-91(75,81-33-21-5)82-34-22-6/h37-42,45-48,69-72H,17-36,43-44H2,1-16H3/t45-,46+,47+,48-. The Kier molecular flexibility index (Phi) is 31.4. The molecule has 0 aliphatic heterocycles. The molecule has 8 bridgehead atoms. The molecule has 4 aromatic rings. The van der Waals surface area contributed by atoms with Gasteiger partial charge in [0, 0.05) is 93.4 Å². The number of aromatic hydroxyl groups is 4. The summed E-state index contributed by atoms with van der Waals surface area (Å²) in [5.41, 5.74) is 2.35. The third kappa shape index (κ3) is 20.0. The van der Waals surface area contributed by atoms with Crippen LogP contribution >= 0.6 is 31.3 Å². The minimum Gasteiger partial charge on any atom is -0.507 e. The van der Waals surface area contributed by atoms with Crippen molar-refractivity contribution in [3.8, 4) is 46.0 Å². The van der Waals surface area contributed by atoms with Gasteiger partial charge in [0.1, 0.15) is 46.0 Å². The predicted molar refractivity (Wildman–Crippen MR) is 359 cm³/mol. The molecule has 92 heavy (non-hydrogen) atoms. The summed E-state index contributed by atoms with van der Waals surface area (Å²) in [5, 5.41) is 51.9. The highest BCUT2D eigenvalue weighted by atomic mass is 31.2. The van der Waals surface area contributed by atoms with Crippen LogP contribution in [-0.4, -0.2) is 109 Å². The second-order valence-electron chi connectivity index (χ2n) is 22.9. The maximum absolute atomic E-state index is 15.1. The number of hydrogen-bond acceptors (Lipinski definition) is 22. The van der Waals surface area contributed by atoms with Gasteiger partial charge in [0.25, 0.3) is 0 Å². The van der Waals surface area contributed by atoms with Gasteiger partial charge in [-0.25, -0.2) is 18.3 Å². The van der Waals surface area contributed by atoms with Crippen molar-refractivity contribution in [1.29, 1.82) is 0 Å². The first-order valence-electron chi connectivity index (χ1n) is 33.1. The normalized spacial score (nSPS) is 16.4. The van der Waals surface area contributed by atoms with E-state index in [1.54, 1.807) is 52.0 Å². The Morgan fingerprint density at radius 1 is 0.304 bits per heavy atom. The summed E-state index contributed by atoms with van der Waals surface area (Å²) in [6.45, 7) is 31.7. The largest absolute Gasteiger partial charge is 0.530 e. The van der Waals surface area contributed by atoms with E-state index in [9.17, 15) is 20.4 Å². The van der Waals surface area contributed by atoms with Gasteiger partial charge in [-0.3, -0.25) is 46.0 Å². The van der Waals surface area contributed by atoms with Crippen molar-refractivity contribution in [2.45, 2.75) is 199 Å². The Morgan fingerprint density at radius 2 is 0.478 bits per heavy atom. The van der Waals surface area contributed by atoms with Crippen LogP contribution in [0.3, 0.4) is 0 Å². The molecule has 1 aliphatic carbocycles. The fourth-order valence-electron chi connectivity index (χ4n) is 10.5. The van der Waals surface area contributed by atoms with Gasteiger partial charge in [-0.1, -0.05) is 111 Å². The number of phosphoric ester groups is 4. The molecular formula is C66H106N2O20P4. The molecule has 0 saturated heterocycles. The fourth-order valence-corrected chi connectivity index (χ4v) is 16.1.